The van der Waals surface area contributed by atoms with Gasteiger partial charge in [-0.3, -0.25) is 14.5 Å². The number of nitrogens with zero attached hydrogens (tertiary/aromatic N) is 1. The Labute approximate surface area is 180 Å². The van der Waals surface area contributed by atoms with E-state index in [9.17, 15) is 9.59 Å². The SMILES string of the molecule is Cc1cc(C)cc(NC2=C(c3ccccc3)C(=O)N(Cc3ccccc3Cl)C2=O)c1. The maximum Gasteiger partial charge on any atom is 0.278 e. The first-order chi connectivity index (χ1) is 14.4. The molecule has 0 fully saturated rings. The van der Waals surface area contributed by atoms with Crippen LogP contribution in [0.2, 0.25) is 5.02 Å². The van der Waals surface area contributed by atoms with Crippen LogP contribution >= 0.6 is 11.6 Å². The van der Waals surface area contributed by atoms with Gasteiger partial charge in [0.25, 0.3) is 11.8 Å². The molecule has 0 bridgehead atoms. The number of benzene rings is 3. The Morgan fingerprint density at radius 2 is 1.47 bits per heavy atom. The van der Waals surface area contributed by atoms with Gasteiger partial charge in [-0.2, -0.15) is 0 Å². The smallest absolute Gasteiger partial charge is 0.278 e. The zero-order valence-corrected chi connectivity index (χ0v) is 17.5. The lowest BCUT2D eigenvalue weighted by Gasteiger charge is -2.16. The number of hydrogen-bond donors (Lipinski definition) is 1. The molecule has 5 heteroatoms. The highest BCUT2D eigenvalue weighted by Gasteiger charge is 2.39. The molecule has 1 N–H and O–H groups in total. The highest BCUT2D eigenvalue weighted by Crippen LogP contribution is 2.32. The first-order valence-electron chi connectivity index (χ1n) is 9.68. The number of rotatable bonds is 5. The van der Waals surface area contributed by atoms with Gasteiger partial charge in [0.1, 0.15) is 5.70 Å². The van der Waals surface area contributed by atoms with Crippen molar-refractivity contribution in [2.45, 2.75) is 20.4 Å². The molecular formula is C25H21ClN2O2. The standard InChI is InChI=1S/C25H21ClN2O2/c1-16-12-17(2)14-20(13-16)27-23-22(18-8-4-3-5-9-18)24(29)28(25(23)30)15-19-10-6-7-11-21(19)26/h3-14,27H,15H2,1-2H3. The first-order valence-corrected chi connectivity index (χ1v) is 10.1. The molecule has 0 unspecified atom stereocenters. The van der Waals surface area contributed by atoms with E-state index < -0.39 is 0 Å². The van der Waals surface area contributed by atoms with Crippen LogP contribution in [0.4, 0.5) is 5.69 Å². The van der Waals surface area contributed by atoms with E-state index in [1.807, 2.05) is 74.5 Å². The summed E-state index contributed by atoms with van der Waals surface area (Å²) in [5, 5.41) is 3.74. The number of aryl methyl sites for hydroxylation is 2. The highest BCUT2D eigenvalue weighted by atomic mass is 35.5. The van der Waals surface area contributed by atoms with Gasteiger partial charge in [0.05, 0.1) is 12.1 Å². The molecular weight excluding hydrogens is 396 g/mol. The van der Waals surface area contributed by atoms with Crippen LogP contribution in [0.1, 0.15) is 22.3 Å². The fraction of sp³-hybridized carbons (Fsp3) is 0.120. The van der Waals surface area contributed by atoms with Gasteiger partial charge in [-0.15, -0.1) is 0 Å². The summed E-state index contributed by atoms with van der Waals surface area (Å²) >= 11 is 6.27. The number of carbonyl (C=O) groups is 2. The zero-order chi connectivity index (χ0) is 21.3. The minimum atomic E-state index is -0.363. The largest absolute Gasteiger partial charge is 0.350 e. The third-order valence-corrected chi connectivity index (χ3v) is 5.38. The highest BCUT2D eigenvalue weighted by molar-refractivity contribution is 6.36. The topological polar surface area (TPSA) is 49.4 Å². The van der Waals surface area contributed by atoms with Crippen molar-refractivity contribution in [1.82, 2.24) is 4.90 Å². The van der Waals surface area contributed by atoms with Crippen LogP contribution in [0.15, 0.2) is 78.5 Å². The third-order valence-electron chi connectivity index (χ3n) is 5.01. The lowest BCUT2D eigenvalue weighted by Crippen LogP contribution is -2.32. The second-order valence-electron chi connectivity index (χ2n) is 7.41. The van der Waals surface area contributed by atoms with Crippen molar-refractivity contribution in [3.8, 4) is 0 Å². The van der Waals surface area contributed by atoms with E-state index in [1.165, 1.54) is 4.90 Å². The Morgan fingerprint density at radius 1 is 0.833 bits per heavy atom. The second-order valence-corrected chi connectivity index (χ2v) is 7.81. The number of carbonyl (C=O) groups excluding carboxylic acids is 2. The Balaban J connectivity index is 1.76. The molecule has 0 radical (unpaired) electrons. The molecule has 0 aliphatic carbocycles. The van der Waals surface area contributed by atoms with Gasteiger partial charge < -0.3 is 5.32 Å². The van der Waals surface area contributed by atoms with Gasteiger partial charge in [0.15, 0.2) is 0 Å². The number of amides is 2. The Hall–Kier alpha value is -3.37. The fourth-order valence-corrected chi connectivity index (χ4v) is 3.89. The summed E-state index contributed by atoms with van der Waals surface area (Å²) < 4.78 is 0. The average molecular weight is 417 g/mol. The van der Waals surface area contributed by atoms with Crippen LogP contribution in [0.5, 0.6) is 0 Å². The predicted molar refractivity (Wildman–Crippen MR) is 120 cm³/mol. The monoisotopic (exact) mass is 416 g/mol. The van der Waals surface area contributed by atoms with Crippen molar-refractivity contribution in [1.29, 1.82) is 0 Å². The van der Waals surface area contributed by atoms with Crippen LogP contribution in [0, 0.1) is 13.8 Å². The summed E-state index contributed by atoms with van der Waals surface area (Å²) in [6, 6.07) is 22.5. The van der Waals surface area contributed by atoms with E-state index >= 15 is 0 Å². The van der Waals surface area contributed by atoms with Gasteiger partial charge in [-0.25, -0.2) is 0 Å². The molecule has 1 aliphatic rings. The van der Waals surface area contributed by atoms with E-state index in [0.29, 0.717) is 16.2 Å². The molecule has 2 amide bonds. The van der Waals surface area contributed by atoms with Gasteiger partial charge in [0, 0.05) is 10.7 Å². The van der Waals surface area contributed by atoms with Crippen molar-refractivity contribution >= 4 is 34.7 Å². The number of imide groups is 1. The first kappa shape index (κ1) is 19.9. The maximum absolute atomic E-state index is 13.3. The normalized spacial score (nSPS) is 13.9. The molecule has 0 spiro atoms. The van der Waals surface area contributed by atoms with Crippen molar-refractivity contribution in [2.75, 3.05) is 5.32 Å². The molecule has 30 heavy (non-hydrogen) atoms. The predicted octanol–water partition coefficient (Wildman–Crippen LogP) is 5.35. The Bertz CT molecular complexity index is 1150. The van der Waals surface area contributed by atoms with Crippen molar-refractivity contribution in [2.24, 2.45) is 0 Å². The molecule has 1 aliphatic heterocycles. The molecule has 4 rings (SSSR count). The second kappa shape index (κ2) is 8.17. The van der Waals surface area contributed by atoms with E-state index in [0.717, 1.165) is 22.4 Å². The van der Waals surface area contributed by atoms with Crippen LogP contribution in [-0.4, -0.2) is 16.7 Å². The third kappa shape index (κ3) is 3.87. The van der Waals surface area contributed by atoms with E-state index in [1.54, 1.807) is 6.07 Å². The summed E-state index contributed by atoms with van der Waals surface area (Å²) in [4.78, 5) is 27.9. The summed E-state index contributed by atoms with van der Waals surface area (Å²) in [5.74, 6) is -0.698. The van der Waals surface area contributed by atoms with Crippen LogP contribution in [-0.2, 0) is 16.1 Å². The Morgan fingerprint density at radius 3 is 2.13 bits per heavy atom. The molecule has 1 heterocycles. The van der Waals surface area contributed by atoms with Crippen LogP contribution in [0.25, 0.3) is 5.57 Å². The lowest BCUT2D eigenvalue weighted by molar-refractivity contribution is -0.137. The van der Waals surface area contributed by atoms with Gasteiger partial charge in [-0.1, -0.05) is 66.2 Å². The molecule has 0 saturated carbocycles. The number of nitrogens with one attached hydrogen (secondary N) is 1. The number of halogens is 1. The molecule has 4 nitrogen and oxygen atoms in total. The molecule has 150 valence electrons. The van der Waals surface area contributed by atoms with Crippen molar-refractivity contribution < 1.29 is 9.59 Å². The van der Waals surface area contributed by atoms with E-state index in [2.05, 4.69) is 11.4 Å². The Kier molecular flexibility index (Phi) is 5.42. The fourth-order valence-electron chi connectivity index (χ4n) is 3.70. The van der Waals surface area contributed by atoms with Gasteiger partial charge >= 0.3 is 0 Å². The van der Waals surface area contributed by atoms with Crippen molar-refractivity contribution in [3.63, 3.8) is 0 Å². The molecule has 0 saturated heterocycles. The van der Waals surface area contributed by atoms with Crippen molar-refractivity contribution in [3.05, 3.63) is 106 Å². The van der Waals surface area contributed by atoms with E-state index in [-0.39, 0.29) is 24.1 Å². The number of hydrogen-bond acceptors (Lipinski definition) is 3. The molecule has 3 aromatic carbocycles. The summed E-state index contributed by atoms with van der Waals surface area (Å²) in [6.07, 6.45) is 0. The van der Waals surface area contributed by atoms with E-state index in [4.69, 9.17) is 11.6 Å². The van der Waals surface area contributed by atoms with Crippen LogP contribution in [0.3, 0.4) is 0 Å². The minimum Gasteiger partial charge on any atom is -0.350 e. The lowest BCUT2D eigenvalue weighted by atomic mass is 10.0. The maximum atomic E-state index is 13.3. The zero-order valence-electron chi connectivity index (χ0n) is 16.8. The van der Waals surface area contributed by atoms with Gasteiger partial charge in [-0.05, 0) is 54.3 Å². The molecule has 0 atom stereocenters. The van der Waals surface area contributed by atoms with Crippen LogP contribution < -0.4 is 5.32 Å². The number of anilines is 1. The van der Waals surface area contributed by atoms with Gasteiger partial charge in [0.2, 0.25) is 0 Å². The average Bonchev–Trinajstić information content (AvgIpc) is 2.94. The molecule has 0 aromatic heterocycles. The summed E-state index contributed by atoms with van der Waals surface area (Å²) in [6.45, 7) is 4.11. The minimum absolute atomic E-state index is 0.117. The quantitative estimate of drug-likeness (QED) is 0.570. The summed E-state index contributed by atoms with van der Waals surface area (Å²) in [7, 11) is 0. The molecule has 3 aromatic rings. The summed E-state index contributed by atoms with van der Waals surface area (Å²) in [5.41, 5.74) is 4.99.